The summed E-state index contributed by atoms with van der Waals surface area (Å²) in [6.07, 6.45) is 10.7. The summed E-state index contributed by atoms with van der Waals surface area (Å²) in [5.41, 5.74) is 3.36. The fraction of sp³-hybridized carbons (Fsp3) is 0.382. The second-order valence-electron chi connectivity index (χ2n) is 11.7. The lowest BCUT2D eigenvalue weighted by Gasteiger charge is -2.28. The molecule has 1 aliphatic heterocycles. The van der Waals surface area contributed by atoms with E-state index in [-0.39, 0.29) is 28.4 Å². The summed E-state index contributed by atoms with van der Waals surface area (Å²) < 4.78 is 8.35. The van der Waals surface area contributed by atoms with Crippen molar-refractivity contribution in [2.75, 3.05) is 36.4 Å². The number of piperazine rings is 1. The van der Waals surface area contributed by atoms with Crippen molar-refractivity contribution in [1.29, 1.82) is 0 Å². The first-order chi connectivity index (χ1) is 21.9. The first-order valence-electron chi connectivity index (χ1n) is 15.7. The molecule has 0 spiro atoms. The summed E-state index contributed by atoms with van der Waals surface area (Å²) in [6.45, 7) is 8.85. The van der Waals surface area contributed by atoms with Crippen molar-refractivity contribution in [2.24, 2.45) is 0 Å². The Kier molecular flexibility index (Phi) is 8.79. The van der Waals surface area contributed by atoms with Crippen LogP contribution in [-0.4, -0.2) is 56.6 Å². The lowest BCUT2D eigenvalue weighted by atomic mass is 10.0. The van der Waals surface area contributed by atoms with Gasteiger partial charge in [-0.25, -0.2) is 4.98 Å². The van der Waals surface area contributed by atoms with Crippen molar-refractivity contribution < 1.29 is 14.3 Å². The average Bonchev–Trinajstić information content (AvgIpc) is 3.70. The van der Waals surface area contributed by atoms with E-state index >= 15 is 0 Å². The number of ketones is 1. The third kappa shape index (κ3) is 6.12. The number of phenolic OH excluding ortho intramolecular Hbond substituents is 1. The highest BCUT2D eigenvalue weighted by molar-refractivity contribution is 5.98. The van der Waals surface area contributed by atoms with Gasteiger partial charge < -0.3 is 29.6 Å². The summed E-state index contributed by atoms with van der Waals surface area (Å²) in [5, 5.41) is 18.1. The predicted molar refractivity (Wildman–Crippen MR) is 177 cm³/mol. The Bertz CT molecular complexity index is 1900. The molecule has 3 N–H and O–H groups in total. The molecule has 2 fully saturated rings. The zero-order valence-electron chi connectivity index (χ0n) is 26.0. The molecule has 45 heavy (non-hydrogen) atoms. The molecular weight excluding hydrogens is 570 g/mol. The van der Waals surface area contributed by atoms with Crippen LogP contribution < -0.4 is 21.0 Å². The molecule has 0 amide bonds. The van der Waals surface area contributed by atoms with Gasteiger partial charge in [-0.15, -0.1) is 0 Å². The number of hydrogen-bond donors (Lipinski definition) is 3. The molecule has 1 saturated carbocycles. The van der Waals surface area contributed by atoms with Crippen LogP contribution in [0.25, 0.3) is 33.1 Å². The second kappa shape index (κ2) is 13.1. The van der Waals surface area contributed by atoms with Crippen molar-refractivity contribution in [3.8, 4) is 16.9 Å². The van der Waals surface area contributed by atoms with Crippen LogP contribution in [0.3, 0.4) is 0 Å². The Morgan fingerprint density at radius 2 is 1.84 bits per heavy atom. The Morgan fingerprint density at radius 3 is 2.58 bits per heavy atom. The second-order valence-corrected chi connectivity index (χ2v) is 11.7. The Morgan fingerprint density at radius 1 is 1.09 bits per heavy atom. The van der Waals surface area contributed by atoms with Crippen LogP contribution in [0.2, 0.25) is 0 Å². The number of rotatable bonds is 6. The van der Waals surface area contributed by atoms with Gasteiger partial charge in [-0.3, -0.25) is 14.6 Å². The van der Waals surface area contributed by atoms with E-state index in [1.54, 1.807) is 31.6 Å². The molecule has 2 aliphatic rings. The van der Waals surface area contributed by atoms with Crippen LogP contribution in [0.15, 0.2) is 58.1 Å². The summed E-state index contributed by atoms with van der Waals surface area (Å²) in [5.74, 6) is 0.740. The summed E-state index contributed by atoms with van der Waals surface area (Å²) in [7, 11) is 0. The van der Waals surface area contributed by atoms with Gasteiger partial charge in [0.15, 0.2) is 22.7 Å². The number of fused-ring (bicyclic) bond motifs is 2. The molecule has 4 aromatic heterocycles. The molecule has 7 rings (SSSR count). The fourth-order valence-corrected chi connectivity index (χ4v) is 6.16. The number of hydrogen-bond acceptors (Lipinski definition) is 10. The normalized spacial score (nSPS) is 15.3. The molecule has 1 aliphatic carbocycles. The van der Waals surface area contributed by atoms with E-state index in [2.05, 4.69) is 39.0 Å². The van der Waals surface area contributed by atoms with Gasteiger partial charge in [-0.2, -0.15) is 4.98 Å². The van der Waals surface area contributed by atoms with Gasteiger partial charge in [0.2, 0.25) is 5.95 Å². The first kappa shape index (κ1) is 30.3. The maximum Gasteiger partial charge on any atom is 0.229 e. The van der Waals surface area contributed by atoms with Gasteiger partial charge in [0.05, 0.1) is 17.6 Å². The fourth-order valence-electron chi connectivity index (χ4n) is 6.16. The van der Waals surface area contributed by atoms with Crippen LogP contribution in [0.1, 0.15) is 69.4 Å². The van der Waals surface area contributed by atoms with E-state index in [0.717, 1.165) is 49.8 Å². The maximum absolute atomic E-state index is 13.1. The smallest absolute Gasteiger partial charge is 0.229 e. The van der Waals surface area contributed by atoms with Gasteiger partial charge in [0.25, 0.3) is 0 Å². The van der Waals surface area contributed by atoms with Crippen LogP contribution >= 0.6 is 0 Å². The van der Waals surface area contributed by atoms with E-state index in [9.17, 15) is 14.7 Å². The number of nitrogens with one attached hydrogen (secondary N) is 2. The van der Waals surface area contributed by atoms with Crippen LogP contribution in [0.5, 0.6) is 5.75 Å². The summed E-state index contributed by atoms with van der Waals surface area (Å²) in [4.78, 5) is 41.3. The number of benzene rings is 1. The Balaban J connectivity index is 0.00000115. The molecule has 5 heterocycles. The molecule has 0 atom stereocenters. The Labute approximate surface area is 261 Å². The van der Waals surface area contributed by atoms with E-state index in [1.165, 1.54) is 18.6 Å². The Hall–Kier alpha value is -4.77. The highest BCUT2D eigenvalue weighted by atomic mass is 16.4. The number of aromatic hydroxyl groups is 1. The van der Waals surface area contributed by atoms with Crippen molar-refractivity contribution in [2.45, 2.75) is 58.9 Å². The van der Waals surface area contributed by atoms with Gasteiger partial charge in [-0.1, -0.05) is 33.1 Å². The number of Topliss-reactive ketones (excluding diaryl/α,β-unsaturated/α-hetero) is 1. The minimum atomic E-state index is -0.303. The zero-order chi connectivity index (χ0) is 31.5. The SMILES string of the molecule is CC(=O)c1cc2cnc(Nc3cncc(-c4ccc(O)c5c(=O)cc(N6CCNCC6)oc45)c3)nc2n1C1CCCC1.CCC. The largest absolute Gasteiger partial charge is 0.507 e. The van der Waals surface area contributed by atoms with E-state index < -0.39 is 0 Å². The lowest BCUT2D eigenvalue weighted by Crippen LogP contribution is -2.43. The van der Waals surface area contributed by atoms with Crippen molar-refractivity contribution in [3.05, 3.63) is 64.8 Å². The maximum atomic E-state index is 13.1. The molecule has 0 bridgehead atoms. The third-order valence-corrected chi connectivity index (χ3v) is 8.20. The van der Waals surface area contributed by atoms with E-state index in [0.29, 0.717) is 53.0 Å². The van der Waals surface area contributed by atoms with Gasteiger partial charge in [0, 0.05) is 74.1 Å². The van der Waals surface area contributed by atoms with Gasteiger partial charge in [-0.05, 0) is 37.1 Å². The minimum Gasteiger partial charge on any atom is -0.507 e. The van der Waals surface area contributed by atoms with Crippen molar-refractivity contribution in [1.82, 2.24) is 24.8 Å². The number of aromatic nitrogens is 4. The van der Waals surface area contributed by atoms with Crippen LogP contribution in [0, 0.1) is 0 Å². The monoisotopic (exact) mass is 609 g/mol. The molecule has 11 heteroatoms. The molecular formula is C34H39N7O4. The summed E-state index contributed by atoms with van der Waals surface area (Å²) in [6, 6.07) is 8.67. The van der Waals surface area contributed by atoms with Gasteiger partial charge in [0.1, 0.15) is 16.8 Å². The third-order valence-electron chi connectivity index (χ3n) is 8.20. The molecule has 1 saturated heterocycles. The minimum absolute atomic E-state index is 0.0131. The molecule has 5 aromatic rings. The predicted octanol–water partition coefficient (Wildman–Crippen LogP) is 6.19. The topological polar surface area (TPSA) is 138 Å². The highest BCUT2D eigenvalue weighted by Gasteiger charge is 2.25. The molecule has 0 unspecified atom stereocenters. The molecule has 11 nitrogen and oxygen atoms in total. The number of carbonyl (C=O) groups excluding carboxylic acids is 1. The highest BCUT2D eigenvalue weighted by Crippen LogP contribution is 2.36. The number of anilines is 3. The summed E-state index contributed by atoms with van der Waals surface area (Å²) >= 11 is 0. The number of pyridine rings is 1. The first-order valence-corrected chi connectivity index (χ1v) is 15.7. The van der Waals surface area contributed by atoms with Crippen molar-refractivity contribution >= 4 is 45.3 Å². The van der Waals surface area contributed by atoms with Gasteiger partial charge >= 0.3 is 0 Å². The quantitative estimate of drug-likeness (QED) is 0.191. The van der Waals surface area contributed by atoms with E-state index in [4.69, 9.17) is 9.40 Å². The molecule has 1 aromatic carbocycles. The van der Waals surface area contributed by atoms with Crippen LogP contribution in [0.4, 0.5) is 17.5 Å². The van der Waals surface area contributed by atoms with Crippen molar-refractivity contribution in [3.63, 3.8) is 0 Å². The molecule has 234 valence electrons. The number of phenols is 1. The number of nitrogens with zero attached hydrogens (tertiary/aromatic N) is 5. The molecule has 0 radical (unpaired) electrons. The zero-order valence-corrected chi connectivity index (χ0v) is 26.0. The standard InChI is InChI=1S/C31H31N7O4.C3H8/c1-18(39)24-13-20-16-34-31(36-30(20)38(24)22-4-2-3-5-22)35-21-12-19(15-33-17-21)23-6-7-25(40)28-26(41)14-27(42-29(23)28)37-10-8-32-9-11-37;1-3-2/h6-7,12-17,22,32,40H,2-5,8-11H2,1H3,(H,34,35,36);3H2,1-2H3. The lowest BCUT2D eigenvalue weighted by molar-refractivity contribution is 0.100. The number of carbonyl (C=O) groups is 1. The van der Waals surface area contributed by atoms with Crippen LogP contribution in [-0.2, 0) is 0 Å². The average molecular weight is 610 g/mol. The van der Waals surface area contributed by atoms with E-state index in [1.807, 2.05) is 17.0 Å².